The maximum absolute atomic E-state index is 6.03. The smallest absolute Gasteiger partial charge is 0.0602 e. The summed E-state index contributed by atoms with van der Waals surface area (Å²) in [5.74, 6) is 0. The zero-order valence-corrected chi connectivity index (χ0v) is 10.2. The Morgan fingerprint density at radius 2 is 2.12 bits per heavy atom. The molecule has 0 aliphatic carbocycles. The van der Waals surface area contributed by atoms with Crippen LogP contribution in [0.4, 0.5) is 11.4 Å². The first kappa shape index (κ1) is 11.3. The van der Waals surface area contributed by atoms with Crippen molar-refractivity contribution < 1.29 is 0 Å². The van der Waals surface area contributed by atoms with Crippen molar-refractivity contribution in [2.75, 3.05) is 29.9 Å². The number of rotatable bonds is 3. The molecule has 1 aliphatic rings. The number of nitrogens with two attached hydrogens (primary N) is 1. The van der Waals surface area contributed by atoms with Gasteiger partial charge < -0.3 is 16.0 Å². The second-order valence-electron chi connectivity index (χ2n) is 5.17. The molecule has 1 aromatic rings. The Morgan fingerprint density at radius 3 is 2.88 bits per heavy atom. The molecule has 88 valence electrons. The Labute approximate surface area is 97.6 Å². The van der Waals surface area contributed by atoms with Gasteiger partial charge in [0.05, 0.1) is 11.4 Å². The molecule has 1 heterocycles. The molecule has 0 radical (unpaired) electrons. The largest absolute Gasteiger partial charge is 0.382 e. The fraction of sp³-hybridized carbons (Fsp3) is 0.538. The lowest BCUT2D eigenvalue weighted by Crippen LogP contribution is -2.40. The summed E-state index contributed by atoms with van der Waals surface area (Å²) in [6.07, 6.45) is 1.02. The minimum absolute atomic E-state index is 0.0835. The molecule has 3 N–H and O–H groups in total. The van der Waals surface area contributed by atoms with Crippen LogP contribution >= 0.6 is 0 Å². The molecule has 1 aliphatic heterocycles. The van der Waals surface area contributed by atoms with Crippen molar-refractivity contribution >= 4 is 11.4 Å². The monoisotopic (exact) mass is 219 g/mol. The van der Waals surface area contributed by atoms with Gasteiger partial charge in [-0.05, 0) is 32.4 Å². The van der Waals surface area contributed by atoms with Crippen LogP contribution in [-0.4, -0.2) is 25.2 Å². The summed E-state index contributed by atoms with van der Waals surface area (Å²) in [5.41, 5.74) is 8.49. The normalized spacial score (nSPS) is 15.6. The molecule has 0 spiro atoms. The summed E-state index contributed by atoms with van der Waals surface area (Å²) in [5, 5.41) is 3.42. The molecule has 0 saturated carbocycles. The zero-order valence-electron chi connectivity index (χ0n) is 10.2. The van der Waals surface area contributed by atoms with Gasteiger partial charge in [0.2, 0.25) is 0 Å². The van der Waals surface area contributed by atoms with E-state index in [2.05, 4.69) is 48.3 Å². The number of para-hydroxylation sites is 2. The quantitative estimate of drug-likeness (QED) is 0.817. The summed E-state index contributed by atoms with van der Waals surface area (Å²) < 4.78 is 0. The Balaban J connectivity index is 2.07. The Bertz CT molecular complexity index is 354. The molecule has 0 aromatic heterocycles. The SMILES string of the molecule is CC(C)(N)CCN1CCNc2ccccc21. The number of nitrogens with one attached hydrogen (secondary N) is 1. The maximum atomic E-state index is 6.03. The minimum Gasteiger partial charge on any atom is -0.382 e. The molecule has 0 bridgehead atoms. The summed E-state index contributed by atoms with van der Waals surface area (Å²) in [6, 6.07) is 8.47. The van der Waals surface area contributed by atoms with Crippen LogP contribution in [0.5, 0.6) is 0 Å². The van der Waals surface area contributed by atoms with Crippen LogP contribution in [0.1, 0.15) is 20.3 Å². The van der Waals surface area contributed by atoms with Crippen LogP contribution in [-0.2, 0) is 0 Å². The summed E-state index contributed by atoms with van der Waals surface area (Å²) in [7, 11) is 0. The number of benzene rings is 1. The summed E-state index contributed by atoms with van der Waals surface area (Å²) >= 11 is 0. The number of hydrogen-bond acceptors (Lipinski definition) is 3. The number of nitrogens with zero attached hydrogens (tertiary/aromatic N) is 1. The molecule has 1 aromatic carbocycles. The third-order valence-corrected chi connectivity index (χ3v) is 2.97. The highest BCUT2D eigenvalue weighted by Gasteiger charge is 2.18. The number of anilines is 2. The van der Waals surface area contributed by atoms with Gasteiger partial charge in [-0.2, -0.15) is 0 Å². The Hall–Kier alpha value is -1.22. The van der Waals surface area contributed by atoms with Crippen LogP contribution < -0.4 is 16.0 Å². The minimum atomic E-state index is -0.0835. The summed E-state index contributed by atoms with van der Waals surface area (Å²) in [4.78, 5) is 2.42. The van der Waals surface area contributed by atoms with E-state index in [4.69, 9.17) is 5.73 Å². The lowest BCUT2D eigenvalue weighted by molar-refractivity contribution is 0.474. The van der Waals surface area contributed by atoms with Crippen molar-refractivity contribution in [2.24, 2.45) is 5.73 Å². The first-order valence-corrected chi connectivity index (χ1v) is 5.93. The Kier molecular flexibility index (Phi) is 3.06. The van der Waals surface area contributed by atoms with Crippen LogP contribution in [0.3, 0.4) is 0 Å². The first-order valence-electron chi connectivity index (χ1n) is 5.93. The molecule has 0 saturated heterocycles. The van der Waals surface area contributed by atoms with Gasteiger partial charge in [-0.1, -0.05) is 12.1 Å². The van der Waals surface area contributed by atoms with E-state index in [0.717, 1.165) is 26.1 Å². The van der Waals surface area contributed by atoms with E-state index in [-0.39, 0.29) is 5.54 Å². The predicted octanol–water partition coefficient (Wildman–Crippen LogP) is 2.05. The lowest BCUT2D eigenvalue weighted by Gasteiger charge is -2.34. The van der Waals surface area contributed by atoms with E-state index in [9.17, 15) is 0 Å². The van der Waals surface area contributed by atoms with Gasteiger partial charge in [-0.15, -0.1) is 0 Å². The van der Waals surface area contributed by atoms with Crippen molar-refractivity contribution in [1.29, 1.82) is 0 Å². The van der Waals surface area contributed by atoms with Gasteiger partial charge in [0, 0.05) is 25.2 Å². The molecule has 0 amide bonds. The third-order valence-electron chi connectivity index (χ3n) is 2.97. The van der Waals surface area contributed by atoms with E-state index in [1.807, 2.05) is 0 Å². The average Bonchev–Trinajstić information content (AvgIpc) is 2.25. The summed E-state index contributed by atoms with van der Waals surface area (Å²) in [6.45, 7) is 7.28. The highest BCUT2D eigenvalue weighted by Crippen LogP contribution is 2.28. The molecule has 3 nitrogen and oxygen atoms in total. The molecule has 2 rings (SSSR count). The van der Waals surface area contributed by atoms with Crippen molar-refractivity contribution in [2.45, 2.75) is 25.8 Å². The highest BCUT2D eigenvalue weighted by molar-refractivity contribution is 5.71. The second kappa shape index (κ2) is 4.34. The molecule has 16 heavy (non-hydrogen) atoms. The molecule has 0 atom stereocenters. The van der Waals surface area contributed by atoms with E-state index in [0.29, 0.717) is 0 Å². The third kappa shape index (κ3) is 2.67. The molecule has 0 fully saturated rings. The van der Waals surface area contributed by atoms with Gasteiger partial charge in [-0.25, -0.2) is 0 Å². The van der Waals surface area contributed by atoms with Crippen LogP contribution in [0.15, 0.2) is 24.3 Å². The average molecular weight is 219 g/mol. The lowest BCUT2D eigenvalue weighted by atomic mass is 10.0. The van der Waals surface area contributed by atoms with E-state index in [1.54, 1.807) is 0 Å². The second-order valence-corrected chi connectivity index (χ2v) is 5.17. The van der Waals surface area contributed by atoms with Crippen LogP contribution in [0, 0.1) is 0 Å². The van der Waals surface area contributed by atoms with Crippen molar-refractivity contribution in [3.8, 4) is 0 Å². The number of hydrogen-bond donors (Lipinski definition) is 2. The molecule has 0 unspecified atom stereocenters. The molecular formula is C13H21N3. The van der Waals surface area contributed by atoms with E-state index < -0.39 is 0 Å². The van der Waals surface area contributed by atoms with Crippen molar-refractivity contribution in [1.82, 2.24) is 0 Å². The van der Waals surface area contributed by atoms with Gasteiger partial charge in [0.25, 0.3) is 0 Å². The van der Waals surface area contributed by atoms with E-state index >= 15 is 0 Å². The fourth-order valence-electron chi connectivity index (χ4n) is 2.00. The van der Waals surface area contributed by atoms with Crippen molar-refractivity contribution in [3.63, 3.8) is 0 Å². The standard InChI is InChI=1S/C13H21N3/c1-13(2,14)7-9-16-10-8-15-11-5-3-4-6-12(11)16/h3-6,15H,7-10,14H2,1-2H3. The van der Waals surface area contributed by atoms with Crippen LogP contribution in [0.2, 0.25) is 0 Å². The number of fused-ring (bicyclic) bond motifs is 1. The fourth-order valence-corrected chi connectivity index (χ4v) is 2.00. The Morgan fingerprint density at radius 1 is 1.38 bits per heavy atom. The topological polar surface area (TPSA) is 41.3 Å². The van der Waals surface area contributed by atoms with Crippen LogP contribution in [0.25, 0.3) is 0 Å². The van der Waals surface area contributed by atoms with Gasteiger partial charge >= 0.3 is 0 Å². The van der Waals surface area contributed by atoms with Crippen molar-refractivity contribution in [3.05, 3.63) is 24.3 Å². The van der Waals surface area contributed by atoms with Gasteiger partial charge in [0.15, 0.2) is 0 Å². The molecular weight excluding hydrogens is 198 g/mol. The predicted molar refractivity (Wildman–Crippen MR) is 70.0 cm³/mol. The zero-order chi connectivity index (χ0) is 11.6. The highest BCUT2D eigenvalue weighted by atomic mass is 15.2. The first-order chi connectivity index (χ1) is 7.56. The maximum Gasteiger partial charge on any atom is 0.0602 e. The molecule has 3 heteroatoms. The van der Waals surface area contributed by atoms with Gasteiger partial charge in [-0.3, -0.25) is 0 Å². The van der Waals surface area contributed by atoms with E-state index in [1.165, 1.54) is 11.4 Å². The van der Waals surface area contributed by atoms with Gasteiger partial charge in [0.1, 0.15) is 0 Å².